The molecule has 0 saturated carbocycles. The maximum atomic E-state index is 13.3. The molecule has 0 atom stereocenters. The van der Waals surface area contributed by atoms with Gasteiger partial charge < -0.3 is 4.74 Å². The van der Waals surface area contributed by atoms with Crippen molar-refractivity contribution in [1.82, 2.24) is 20.2 Å². The van der Waals surface area contributed by atoms with Gasteiger partial charge in [-0.2, -0.15) is 5.10 Å². The average Bonchev–Trinajstić information content (AvgIpc) is 3.31. The predicted octanol–water partition coefficient (Wildman–Crippen LogP) is 5.62. The molecule has 1 heterocycles. The van der Waals surface area contributed by atoms with E-state index in [2.05, 4.69) is 53.6 Å². The fourth-order valence-corrected chi connectivity index (χ4v) is 4.31. The van der Waals surface area contributed by atoms with E-state index in [1.165, 1.54) is 35.7 Å². The number of halogens is 1. The Morgan fingerprint density at radius 2 is 1.81 bits per heavy atom. The van der Waals surface area contributed by atoms with Gasteiger partial charge in [-0.1, -0.05) is 68.9 Å². The lowest BCUT2D eigenvalue weighted by molar-refractivity contribution is -0.118. The number of carbonyl (C=O) groups is 1. The van der Waals surface area contributed by atoms with Crippen LogP contribution in [0.3, 0.4) is 0 Å². The molecule has 0 aliphatic heterocycles. The molecule has 0 saturated heterocycles. The second-order valence-electron chi connectivity index (χ2n) is 9.30. The minimum atomic E-state index is -0.368. The summed E-state index contributed by atoms with van der Waals surface area (Å²) in [6.07, 6.45) is 1.39. The number of thioether (sulfide) groups is 1. The maximum absolute atomic E-state index is 13.3. The Morgan fingerprint density at radius 3 is 2.46 bits per heavy atom. The molecular formula is C28H28FN5O2S. The smallest absolute Gasteiger partial charge is 0.250 e. The van der Waals surface area contributed by atoms with Gasteiger partial charge >= 0.3 is 0 Å². The van der Waals surface area contributed by atoms with Gasteiger partial charge in [-0.25, -0.2) is 9.82 Å². The van der Waals surface area contributed by atoms with Crippen molar-refractivity contribution < 1.29 is 13.9 Å². The van der Waals surface area contributed by atoms with E-state index in [4.69, 9.17) is 4.74 Å². The molecule has 3 aromatic carbocycles. The van der Waals surface area contributed by atoms with Crippen molar-refractivity contribution in [3.63, 3.8) is 0 Å². The van der Waals surface area contributed by atoms with Gasteiger partial charge in [-0.3, -0.25) is 9.36 Å². The van der Waals surface area contributed by atoms with Gasteiger partial charge in [0, 0.05) is 11.3 Å². The lowest BCUT2D eigenvalue weighted by Gasteiger charge is -2.19. The Morgan fingerprint density at radius 1 is 1.08 bits per heavy atom. The van der Waals surface area contributed by atoms with Crippen molar-refractivity contribution in [2.45, 2.75) is 31.3 Å². The van der Waals surface area contributed by atoms with Crippen LogP contribution in [0.15, 0.2) is 83.1 Å². The molecule has 0 bridgehead atoms. The van der Waals surface area contributed by atoms with E-state index in [1.54, 1.807) is 19.2 Å². The number of hydrogen-bond donors (Lipinski definition) is 1. The second kappa shape index (κ2) is 11.4. The summed E-state index contributed by atoms with van der Waals surface area (Å²) >= 11 is 1.24. The van der Waals surface area contributed by atoms with Crippen LogP contribution >= 0.6 is 11.8 Å². The van der Waals surface area contributed by atoms with Crippen LogP contribution in [0.1, 0.15) is 31.9 Å². The van der Waals surface area contributed by atoms with Crippen LogP contribution in [0.4, 0.5) is 4.39 Å². The molecule has 0 unspecified atom stereocenters. The molecule has 1 N–H and O–H groups in total. The van der Waals surface area contributed by atoms with Crippen LogP contribution < -0.4 is 10.2 Å². The van der Waals surface area contributed by atoms with Crippen molar-refractivity contribution in [2.75, 3.05) is 12.9 Å². The molecule has 0 aliphatic rings. The Kier molecular flexibility index (Phi) is 8.03. The number of hydrogen-bond acceptors (Lipinski definition) is 6. The molecule has 0 aliphatic carbocycles. The summed E-state index contributed by atoms with van der Waals surface area (Å²) in [6.45, 7) is 6.51. The minimum Gasteiger partial charge on any atom is -0.497 e. The molecule has 9 heteroatoms. The number of nitrogens with zero attached hydrogens (tertiary/aromatic N) is 4. The molecule has 190 valence electrons. The lowest BCUT2D eigenvalue weighted by atomic mass is 9.87. The van der Waals surface area contributed by atoms with Crippen LogP contribution in [0.25, 0.3) is 17.1 Å². The zero-order valence-electron chi connectivity index (χ0n) is 21.1. The van der Waals surface area contributed by atoms with E-state index in [0.717, 1.165) is 17.0 Å². The molecular weight excluding hydrogens is 489 g/mol. The van der Waals surface area contributed by atoms with Crippen molar-refractivity contribution in [3.05, 3.63) is 89.7 Å². The summed E-state index contributed by atoms with van der Waals surface area (Å²) in [5.74, 6) is 0.776. The van der Waals surface area contributed by atoms with E-state index in [0.29, 0.717) is 16.5 Å². The number of hydrazone groups is 1. The zero-order chi connectivity index (χ0) is 26.4. The fraction of sp³-hybridized carbons (Fsp3) is 0.214. The average molecular weight is 518 g/mol. The quantitative estimate of drug-likeness (QED) is 0.186. The largest absolute Gasteiger partial charge is 0.497 e. The van der Waals surface area contributed by atoms with E-state index < -0.39 is 0 Å². The summed E-state index contributed by atoms with van der Waals surface area (Å²) in [7, 11) is 1.62. The highest BCUT2D eigenvalue weighted by Crippen LogP contribution is 2.30. The van der Waals surface area contributed by atoms with Crippen LogP contribution in [0.5, 0.6) is 5.75 Å². The molecule has 4 aromatic rings. The summed E-state index contributed by atoms with van der Waals surface area (Å²) in [5, 5.41) is 13.3. The lowest BCUT2D eigenvalue weighted by Crippen LogP contribution is -2.20. The molecule has 37 heavy (non-hydrogen) atoms. The van der Waals surface area contributed by atoms with Gasteiger partial charge in [0.15, 0.2) is 11.0 Å². The van der Waals surface area contributed by atoms with Gasteiger partial charge in [0.25, 0.3) is 5.91 Å². The first-order chi connectivity index (χ1) is 17.7. The Balaban J connectivity index is 1.55. The van der Waals surface area contributed by atoms with Crippen LogP contribution in [-0.4, -0.2) is 39.7 Å². The Labute approximate surface area is 219 Å². The summed E-state index contributed by atoms with van der Waals surface area (Å²) in [5.41, 5.74) is 6.02. The topological polar surface area (TPSA) is 81.4 Å². The number of rotatable bonds is 8. The highest BCUT2D eigenvalue weighted by atomic mass is 32.2. The number of methoxy groups -OCH3 is 1. The van der Waals surface area contributed by atoms with Crippen LogP contribution in [0.2, 0.25) is 0 Å². The third kappa shape index (κ3) is 6.62. The van der Waals surface area contributed by atoms with Crippen molar-refractivity contribution in [1.29, 1.82) is 0 Å². The first kappa shape index (κ1) is 26.1. The molecule has 7 nitrogen and oxygen atoms in total. The molecule has 4 rings (SSSR count). The molecule has 0 fully saturated rings. The maximum Gasteiger partial charge on any atom is 0.250 e. The van der Waals surface area contributed by atoms with E-state index in [9.17, 15) is 9.18 Å². The normalized spacial score (nSPS) is 11.6. The number of benzene rings is 3. The van der Waals surface area contributed by atoms with Crippen LogP contribution in [0, 0.1) is 5.82 Å². The number of amides is 1. The summed E-state index contributed by atoms with van der Waals surface area (Å²) in [6, 6.07) is 21.8. The monoisotopic (exact) mass is 517 g/mol. The van der Waals surface area contributed by atoms with Gasteiger partial charge in [0.1, 0.15) is 11.6 Å². The SMILES string of the molecule is COc1ccc(-n2c(SCC(=O)N/N=C/c3cccc(F)c3)nnc2-c2ccc(C(C)(C)C)cc2)cc1. The number of ether oxygens (including phenoxy) is 1. The number of aromatic nitrogens is 3. The Bertz CT molecular complexity index is 1390. The third-order valence-electron chi connectivity index (χ3n) is 5.56. The van der Waals surface area contributed by atoms with Gasteiger partial charge in [-0.15, -0.1) is 10.2 Å². The first-order valence-electron chi connectivity index (χ1n) is 11.7. The van der Waals surface area contributed by atoms with Gasteiger partial charge in [0.05, 0.1) is 19.1 Å². The molecule has 1 aromatic heterocycles. The van der Waals surface area contributed by atoms with E-state index >= 15 is 0 Å². The zero-order valence-corrected chi connectivity index (χ0v) is 21.9. The molecule has 0 radical (unpaired) electrons. The highest BCUT2D eigenvalue weighted by molar-refractivity contribution is 7.99. The fourth-order valence-electron chi connectivity index (χ4n) is 3.56. The second-order valence-corrected chi connectivity index (χ2v) is 10.2. The molecule has 0 spiro atoms. The summed E-state index contributed by atoms with van der Waals surface area (Å²) in [4.78, 5) is 12.4. The number of carbonyl (C=O) groups excluding carboxylic acids is 1. The van der Waals surface area contributed by atoms with E-state index in [-0.39, 0.29) is 22.9 Å². The third-order valence-corrected chi connectivity index (χ3v) is 6.49. The predicted molar refractivity (Wildman–Crippen MR) is 145 cm³/mol. The number of nitrogens with one attached hydrogen (secondary N) is 1. The molecule has 1 amide bonds. The highest BCUT2D eigenvalue weighted by Gasteiger charge is 2.19. The summed E-state index contributed by atoms with van der Waals surface area (Å²) < 4.78 is 20.5. The minimum absolute atomic E-state index is 0.0354. The van der Waals surface area contributed by atoms with E-state index in [1.807, 2.05) is 41.0 Å². The standard InChI is InChI=1S/C28H28FN5O2S/c1-28(2,3)21-10-8-20(9-11-21)26-32-33-27(34(26)23-12-14-24(36-4)15-13-23)37-18-25(35)31-30-17-19-6-5-7-22(29)16-19/h5-17H,18H2,1-4H3,(H,31,35)/b30-17+. The van der Waals surface area contributed by atoms with Gasteiger partial charge in [-0.05, 0) is 52.9 Å². The first-order valence-corrected chi connectivity index (χ1v) is 12.6. The van der Waals surface area contributed by atoms with Crippen LogP contribution in [-0.2, 0) is 10.2 Å². The van der Waals surface area contributed by atoms with Crippen molar-refractivity contribution in [2.24, 2.45) is 5.10 Å². The van der Waals surface area contributed by atoms with Crippen molar-refractivity contribution in [3.8, 4) is 22.8 Å². The van der Waals surface area contributed by atoms with Crippen molar-refractivity contribution >= 4 is 23.9 Å². The Hall–Kier alpha value is -3.98. The van der Waals surface area contributed by atoms with Gasteiger partial charge in [0.2, 0.25) is 0 Å².